The third-order valence-corrected chi connectivity index (χ3v) is 3.42. The van der Waals surface area contributed by atoms with Crippen molar-refractivity contribution in [1.29, 1.82) is 0 Å². The molecule has 0 aromatic carbocycles. The summed E-state index contributed by atoms with van der Waals surface area (Å²) in [5, 5.41) is 8.26. The lowest BCUT2D eigenvalue weighted by Crippen LogP contribution is -2.17. The minimum atomic E-state index is 0.567. The van der Waals surface area contributed by atoms with Crippen LogP contribution in [0.15, 0.2) is 17.5 Å². The summed E-state index contributed by atoms with van der Waals surface area (Å²) in [6, 6.07) is 4.19. The second-order valence-corrected chi connectivity index (χ2v) is 5.22. The van der Waals surface area contributed by atoms with Gasteiger partial charge in [-0.05, 0) is 17.9 Å². The zero-order chi connectivity index (χ0) is 13.7. The highest BCUT2D eigenvalue weighted by Crippen LogP contribution is 2.12. The first-order valence-corrected chi connectivity index (χ1v) is 6.94. The molecule has 2 aromatic rings. The number of rotatable bonds is 6. The van der Waals surface area contributed by atoms with Crippen molar-refractivity contribution in [1.82, 2.24) is 15.0 Å². The molecule has 2 heterocycles. The molecule has 2 N–H and O–H groups in total. The van der Waals surface area contributed by atoms with Crippen molar-refractivity contribution in [3.8, 4) is 0 Å². The Bertz CT molecular complexity index is 511. The molecule has 0 aliphatic carbocycles. The van der Waals surface area contributed by atoms with Gasteiger partial charge in [-0.3, -0.25) is 0 Å². The first-order chi connectivity index (χ1) is 9.19. The van der Waals surface area contributed by atoms with Gasteiger partial charge in [-0.1, -0.05) is 6.07 Å². The summed E-state index contributed by atoms with van der Waals surface area (Å²) in [6.07, 6.45) is 0.968. The molecule has 0 fully saturated rings. The Kier molecular flexibility index (Phi) is 4.51. The largest absolute Gasteiger partial charge is 0.357 e. The van der Waals surface area contributed by atoms with Crippen LogP contribution in [0.1, 0.15) is 4.88 Å². The lowest BCUT2D eigenvalue weighted by molar-refractivity contribution is 0.935. The highest BCUT2D eigenvalue weighted by Gasteiger charge is 2.06. The quantitative estimate of drug-likeness (QED) is 0.838. The number of hydrogen-bond acceptors (Lipinski definition) is 7. The second kappa shape index (κ2) is 6.33. The van der Waals surface area contributed by atoms with Crippen molar-refractivity contribution in [3.05, 3.63) is 22.4 Å². The fraction of sp³-hybridized carbons (Fsp3) is 0.417. The summed E-state index contributed by atoms with van der Waals surface area (Å²) in [4.78, 5) is 16.1. The normalized spacial score (nSPS) is 10.3. The smallest absolute Gasteiger partial charge is 0.231 e. The number of nitrogens with zero attached hydrogens (tertiary/aromatic N) is 4. The van der Waals surface area contributed by atoms with Gasteiger partial charge in [-0.15, -0.1) is 11.3 Å². The van der Waals surface area contributed by atoms with Crippen molar-refractivity contribution in [2.45, 2.75) is 6.42 Å². The Morgan fingerprint density at radius 3 is 2.63 bits per heavy atom. The van der Waals surface area contributed by atoms with Crippen LogP contribution in [0, 0.1) is 0 Å². The van der Waals surface area contributed by atoms with Gasteiger partial charge >= 0.3 is 0 Å². The van der Waals surface area contributed by atoms with Crippen LogP contribution in [0.5, 0.6) is 0 Å². The fourth-order valence-electron chi connectivity index (χ4n) is 1.51. The van der Waals surface area contributed by atoms with E-state index in [1.54, 1.807) is 18.4 Å². The topological polar surface area (TPSA) is 66.0 Å². The first kappa shape index (κ1) is 13.5. The summed E-state index contributed by atoms with van der Waals surface area (Å²) in [5.41, 5.74) is 0. The number of hydrogen-bond donors (Lipinski definition) is 2. The molecule has 0 aliphatic rings. The molecule has 0 atom stereocenters. The summed E-state index contributed by atoms with van der Waals surface area (Å²) in [5.74, 6) is 1.80. The van der Waals surface area contributed by atoms with Gasteiger partial charge < -0.3 is 15.5 Å². The van der Waals surface area contributed by atoms with E-state index in [9.17, 15) is 0 Å². The Labute approximate surface area is 116 Å². The zero-order valence-electron chi connectivity index (χ0n) is 11.3. The van der Waals surface area contributed by atoms with Crippen LogP contribution in [0.3, 0.4) is 0 Å². The van der Waals surface area contributed by atoms with E-state index in [0.717, 1.165) is 13.0 Å². The molecule has 0 aliphatic heterocycles. The first-order valence-electron chi connectivity index (χ1n) is 6.06. The lowest BCUT2D eigenvalue weighted by atomic mass is 10.3. The molecular weight excluding hydrogens is 260 g/mol. The molecule has 0 amide bonds. The molecule has 0 spiro atoms. The SMILES string of the molecule is CNc1nc(NCCc2cccs2)nc(N(C)C)n1. The summed E-state index contributed by atoms with van der Waals surface area (Å²) >= 11 is 1.76. The molecule has 0 saturated carbocycles. The minimum absolute atomic E-state index is 0.567. The van der Waals surface area contributed by atoms with Crippen LogP contribution in [-0.4, -0.2) is 42.6 Å². The Hall–Kier alpha value is -1.89. The zero-order valence-corrected chi connectivity index (χ0v) is 12.2. The maximum Gasteiger partial charge on any atom is 0.231 e. The van der Waals surface area contributed by atoms with E-state index in [0.29, 0.717) is 17.8 Å². The molecule has 7 heteroatoms. The van der Waals surface area contributed by atoms with Crippen molar-refractivity contribution in [3.63, 3.8) is 0 Å². The number of anilines is 3. The molecule has 0 radical (unpaired) electrons. The van der Waals surface area contributed by atoms with Gasteiger partial charge in [0.05, 0.1) is 0 Å². The van der Waals surface area contributed by atoms with E-state index in [1.165, 1.54) is 4.88 Å². The van der Waals surface area contributed by atoms with Gasteiger partial charge in [-0.2, -0.15) is 15.0 Å². The molecule has 0 saturated heterocycles. The van der Waals surface area contributed by atoms with Crippen molar-refractivity contribution >= 4 is 29.2 Å². The lowest BCUT2D eigenvalue weighted by Gasteiger charge is -2.13. The van der Waals surface area contributed by atoms with Gasteiger partial charge in [0, 0.05) is 32.6 Å². The van der Waals surface area contributed by atoms with Crippen molar-refractivity contribution in [2.75, 3.05) is 43.2 Å². The van der Waals surface area contributed by atoms with Crippen LogP contribution in [-0.2, 0) is 6.42 Å². The molecule has 6 nitrogen and oxygen atoms in total. The molecule has 2 aromatic heterocycles. The monoisotopic (exact) mass is 278 g/mol. The van der Waals surface area contributed by atoms with E-state index in [1.807, 2.05) is 19.0 Å². The van der Waals surface area contributed by atoms with E-state index in [2.05, 4.69) is 43.1 Å². The van der Waals surface area contributed by atoms with Crippen LogP contribution in [0.25, 0.3) is 0 Å². The molecular formula is C12H18N6S. The maximum absolute atomic E-state index is 4.36. The predicted octanol–water partition coefficient (Wildman–Crippen LogP) is 1.70. The molecule has 2 rings (SSSR count). The average molecular weight is 278 g/mol. The highest BCUT2D eigenvalue weighted by atomic mass is 32.1. The van der Waals surface area contributed by atoms with Crippen LogP contribution >= 0.6 is 11.3 Å². The average Bonchev–Trinajstić information content (AvgIpc) is 2.91. The van der Waals surface area contributed by atoms with E-state index in [4.69, 9.17) is 0 Å². The third kappa shape index (κ3) is 3.78. The Morgan fingerprint density at radius 2 is 2.00 bits per heavy atom. The standard InChI is InChI=1S/C12H18N6S/c1-13-10-15-11(17-12(16-10)18(2)3)14-7-6-9-5-4-8-19-9/h4-5,8H,6-7H2,1-3H3,(H2,13,14,15,16,17). The Morgan fingerprint density at radius 1 is 1.21 bits per heavy atom. The van der Waals surface area contributed by atoms with Crippen LogP contribution < -0.4 is 15.5 Å². The van der Waals surface area contributed by atoms with E-state index in [-0.39, 0.29) is 0 Å². The number of thiophene rings is 1. The van der Waals surface area contributed by atoms with Gasteiger partial charge in [0.15, 0.2) is 0 Å². The van der Waals surface area contributed by atoms with Gasteiger partial charge in [0.25, 0.3) is 0 Å². The van der Waals surface area contributed by atoms with E-state index >= 15 is 0 Å². The molecule has 19 heavy (non-hydrogen) atoms. The molecule has 0 unspecified atom stereocenters. The highest BCUT2D eigenvalue weighted by molar-refractivity contribution is 7.09. The maximum atomic E-state index is 4.36. The number of nitrogens with one attached hydrogen (secondary N) is 2. The van der Waals surface area contributed by atoms with Crippen LogP contribution in [0.2, 0.25) is 0 Å². The summed E-state index contributed by atoms with van der Waals surface area (Å²) < 4.78 is 0. The van der Waals surface area contributed by atoms with Gasteiger partial charge in [0.2, 0.25) is 17.8 Å². The van der Waals surface area contributed by atoms with Crippen LogP contribution in [0.4, 0.5) is 17.8 Å². The fourth-order valence-corrected chi connectivity index (χ4v) is 2.22. The Balaban J connectivity index is 2.00. The molecule has 0 bridgehead atoms. The number of aromatic nitrogens is 3. The molecule has 102 valence electrons. The van der Waals surface area contributed by atoms with Crippen molar-refractivity contribution < 1.29 is 0 Å². The van der Waals surface area contributed by atoms with Crippen molar-refractivity contribution in [2.24, 2.45) is 0 Å². The summed E-state index contributed by atoms with van der Waals surface area (Å²) in [7, 11) is 5.61. The second-order valence-electron chi connectivity index (χ2n) is 4.18. The summed E-state index contributed by atoms with van der Waals surface area (Å²) in [6.45, 7) is 0.806. The predicted molar refractivity (Wildman–Crippen MR) is 80.2 cm³/mol. The van der Waals surface area contributed by atoms with E-state index < -0.39 is 0 Å². The van der Waals surface area contributed by atoms with Gasteiger partial charge in [0.1, 0.15) is 0 Å². The third-order valence-electron chi connectivity index (χ3n) is 2.48. The van der Waals surface area contributed by atoms with Gasteiger partial charge in [-0.25, -0.2) is 0 Å². The minimum Gasteiger partial charge on any atom is -0.357 e.